The lowest BCUT2D eigenvalue weighted by Gasteiger charge is -2.24. The number of aliphatic hydroxyl groups is 2. The highest BCUT2D eigenvalue weighted by Gasteiger charge is 2.24. The number of esters is 1. The van der Waals surface area contributed by atoms with Crippen LogP contribution >= 0.6 is 0 Å². The number of carbonyl (C=O) groups excluding carboxylic acids is 2. The van der Waals surface area contributed by atoms with E-state index in [1.807, 2.05) is 0 Å². The van der Waals surface area contributed by atoms with Gasteiger partial charge in [0.1, 0.15) is 6.10 Å². The number of hydrogen-bond donors (Lipinski definition) is 3. The number of unbranched alkanes of at least 4 members (excludes halogenated alkanes) is 30. The first-order valence-electron chi connectivity index (χ1n) is 30.2. The topological polar surface area (TPSA) is 95.9 Å². The van der Waals surface area contributed by atoms with Crippen molar-refractivity contribution in [2.75, 3.05) is 6.61 Å². The summed E-state index contributed by atoms with van der Waals surface area (Å²) in [7, 11) is 0. The van der Waals surface area contributed by atoms with Crippen LogP contribution in [0.4, 0.5) is 0 Å². The summed E-state index contributed by atoms with van der Waals surface area (Å²) in [6.07, 6.45) is 73.9. The van der Waals surface area contributed by atoms with E-state index >= 15 is 0 Å². The molecule has 6 nitrogen and oxygen atoms in total. The van der Waals surface area contributed by atoms with Crippen molar-refractivity contribution in [3.8, 4) is 0 Å². The van der Waals surface area contributed by atoms with Gasteiger partial charge in [0.05, 0.1) is 25.2 Å². The average Bonchev–Trinajstić information content (AvgIpc) is 3.35. The number of carbonyl (C=O) groups is 2. The van der Waals surface area contributed by atoms with E-state index in [2.05, 4.69) is 99.0 Å². The number of amides is 1. The number of hydrogen-bond acceptors (Lipinski definition) is 5. The van der Waals surface area contributed by atoms with Gasteiger partial charge >= 0.3 is 5.97 Å². The molecule has 0 aromatic rings. The van der Waals surface area contributed by atoms with E-state index in [1.54, 1.807) is 0 Å². The highest BCUT2D eigenvalue weighted by molar-refractivity contribution is 5.77. The standard InChI is InChI=1S/C64H115NO5/c1-4-7-10-13-16-19-22-25-28-30-31-33-36-39-42-45-48-51-54-57-64(69)70-60(55-52-49-46-43-40-37-34-27-24-21-18-15-12-9-6-3)58-63(68)65-61(59-66)62(67)56-53-50-47-44-41-38-35-32-29-26-23-20-17-14-11-8-5-2/h16,18-19,21,25,27-28,31,33-34,39,42,60-62,66-67H,4-15,17,20,22-24,26,29-30,32,35-38,40-41,43-59H2,1-3H3,(H,65,68)/b19-16-,21-18-,28-25-,33-31-,34-27-,42-39-. The first-order valence-corrected chi connectivity index (χ1v) is 30.2. The minimum Gasteiger partial charge on any atom is -0.462 e. The third kappa shape index (κ3) is 51.6. The largest absolute Gasteiger partial charge is 0.462 e. The summed E-state index contributed by atoms with van der Waals surface area (Å²) in [5.41, 5.74) is 0. The normalized spacial score (nSPS) is 13.6. The van der Waals surface area contributed by atoms with Crippen LogP contribution in [0.15, 0.2) is 72.9 Å². The second-order valence-electron chi connectivity index (χ2n) is 20.4. The fourth-order valence-corrected chi connectivity index (χ4v) is 8.92. The maximum atomic E-state index is 13.3. The summed E-state index contributed by atoms with van der Waals surface area (Å²) in [4.78, 5) is 26.3. The maximum Gasteiger partial charge on any atom is 0.306 e. The van der Waals surface area contributed by atoms with Crippen molar-refractivity contribution in [2.45, 2.75) is 315 Å². The van der Waals surface area contributed by atoms with Gasteiger partial charge in [-0.15, -0.1) is 0 Å². The molecule has 0 saturated heterocycles. The molecule has 6 heteroatoms. The van der Waals surface area contributed by atoms with E-state index in [9.17, 15) is 19.8 Å². The monoisotopic (exact) mass is 978 g/mol. The smallest absolute Gasteiger partial charge is 0.306 e. The Balaban J connectivity index is 4.61. The fraction of sp³-hybridized carbons (Fsp3) is 0.781. The number of rotatable bonds is 54. The molecule has 3 atom stereocenters. The summed E-state index contributed by atoms with van der Waals surface area (Å²) in [5.74, 6) is -0.518. The molecule has 0 aromatic carbocycles. The SMILES string of the molecule is CCCCC/C=C\C/C=C\C/C=C\C/C=C\CCCCCC(=O)OC(CCCCCCC/C=C\C/C=C\CCCCC)CC(=O)NC(CO)C(O)CCCCCCCCCCCCCCCCCCC. The Morgan fingerprint density at radius 3 is 1.13 bits per heavy atom. The molecule has 0 aliphatic carbocycles. The van der Waals surface area contributed by atoms with E-state index < -0.39 is 18.2 Å². The molecular weight excluding hydrogens is 863 g/mol. The number of ether oxygens (including phenoxy) is 1. The van der Waals surface area contributed by atoms with Crippen molar-refractivity contribution in [1.82, 2.24) is 5.32 Å². The van der Waals surface area contributed by atoms with Gasteiger partial charge in [0.15, 0.2) is 0 Å². The quantitative estimate of drug-likeness (QED) is 0.0321. The molecule has 0 heterocycles. The highest BCUT2D eigenvalue weighted by Crippen LogP contribution is 2.18. The molecule has 0 radical (unpaired) electrons. The Morgan fingerprint density at radius 2 is 0.729 bits per heavy atom. The van der Waals surface area contributed by atoms with Crippen molar-refractivity contribution in [3.63, 3.8) is 0 Å². The molecule has 0 aliphatic rings. The molecule has 0 fully saturated rings. The van der Waals surface area contributed by atoms with Crippen LogP contribution in [-0.4, -0.2) is 46.9 Å². The van der Waals surface area contributed by atoms with Crippen LogP contribution in [0.5, 0.6) is 0 Å². The molecule has 3 unspecified atom stereocenters. The van der Waals surface area contributed by atoms with Crippen LogP contribution in [0.3, 0.4) is 0 Å². The molecule has 3 N–H and O–H groups in total. The van der Waals surface area contributed by atoms with Gasteiger partial charge in [-0.05, 0) is 103 Å². The second kappa shape index (κ2) is 57.2. The molecule has 0 rings (SSSR count). The van der Waals surface area contributed by atoms with Gasteiger partial charge in [-0.1, -0.05) is 254 Å². The van der Waals surface area contributed by atoms with Gasteiger partial charge < -0.3 is 20.3 Å². The van der Waals surface area contributed by atoms with Crippen molar-refractivity contribution in [3.05, 3.63) is 72.9 Å². The Bertz CT molecular complexity index is 1280. The molecular formula is C64H115NO5. The predicted octanol–water partition coefficient (Wildman–Crippen LogP) is 18.9. The van der Waals surface area contributed by atoms with Gasteiger partial charge in [0, 0.05) is 6.42 Å². The van der Waals surface area contributed by atoms with Crippen LogP contribution in [0.25, 0.3) is 0 Å². The molecule has 0 aliphatic heterocycles. The fourth-order valence-electron chi connectivity index (χ4n) is 8.92. The first-order chi connectivity index (χ1) is 34.5. The minimum atomic E-state index is -0.802. The maximum absolute atomic E-state index is 13.3. The number of allylic oxidation sites excluding steroid dienone is 12. The van der Waals surface area contributed by atoms with Gasteiger partial charge in [-0.25, -0.2) is 0 Å². The Kier molecular flexibility index (Phi) is 55.0. The zero-order valence-corrected chi connectivity index (χ0v) is 46.4. The lowest BCUT2D eigenvalue weighted by atomic mass is 10.0. The summed E-state index contributed by atoms with van der Waals surface area (Å²) in [5, 5.41) is 23.9. The van der Waals surface area contributed by atoms with Crippen LogP contribution in [0.2, 0.25) is 0 Å². The zero-order valence-electron chi connectivity index (χ0n) is 46.4. The molecule has 1 amide bonds. The van der Waals surface area contributed by atoms with Crippen LogP contribution in [0, 0.1) is 0 Å². The lowest BCUT2D eigenvalue weighted by molar-refractivity contribution is -0.151. The molecule has 0 aromatic heterocycles. The molecule has 70 heavy (non-hydrogen) atoms. The van der Waals surface area contributed by atoms with Crippen LogP contribution in [-0.2, 0) is 14.3 Å². The second-order valence-corrected chi connectivity index (χ2v) is 20.4. The van der Waals surface area contributed by atoms with Crippen molar-refractivity contribution in [1.29, 1.82) is 0 Å². The van der Waals surface area contributed by atoms with Crippen molar-refractivity contribution in [2.24, 2.45) is 0 Å². The summed E-state index contributed by atoms with van der Waals surface area (Å²) < 4.78 is 5.95. The zero-order chi connectivity index (χ0) is 50.9. The third-order valence-electron chi connectivity index (χ3n) is 13.5. The Hall–Kier alpha value is -2.70. The molecule has 0 saturated carbocycles. The van der Waals surface area contributed by atoms with E-state index in [0.29, 0.717) is 19.3 Å². The van der Waals surface area contributed by atoms with Crippen molar-refractivity contribution >= 4 is 11.9 Å². The van der Waals surface area contributed by atoms with Gasteiger partial charge in [0.25, 0.3) is 0 Å². The average molecular weight is 979 g/mol. The number of aliphatic hydroxyl groups excluding tert-OH is 2. The van der Waals surface area contributed by atoms with E-state index in [4.69, 9.17) is 4.74 Å². The highest BCUT2D eigenvalue weighted by atomic mass is 16.5. The summed E-state index contributed by atoms with van der Waals surface area (Å²) in [6.45, 7) is 6.45. The van der Waals surface area contributed by atoms with Crippen molar-refractivity contribution < 1.29 is 24.5 Å². The molecule has 0 bridgehead atoms. The predicted molar refractivity (Wildman–Crippen MR) is 305 cm³/mol. The van der Waals surface area contributed by atoms with E-state index in [0.717, 1.165) is 96.3 Å². The summed E-state index contributed by atoms with van der Waals surface area (Å²) >= 11 is 0. The molecule has 406 valence electrons. The number of nitrogens with one attached hydrogen (secondary N) is 1. The third-order valence-corrected chi connectivity index (χ3v) is 13.5. The van der Waals surface area contributed by atoms with E-state index in [-0.39, 0.29) is 24.9 Å². The van der Waals surface area contributed by atoms with E-state index in [1.165, 1.54) is 154 Å². The van der Waals surface area contributed by atoms with Gasteiger partial charge in [-0.3, -0.25) is 9.59 Å². The Labute approximate surface area is 434 Å². The Morgan fingerprint density at radius 1 is 0.414 bits per heavy atom. The minimum absolute atomic E-state index is 0.0536. The van der Waals surface area contributed by atoms with Gasteiger partial charge in [0.2, 0.25) is 5.91 Å². The van der Waals surface area contributed by atoms with Gasteiger partial charge in [-0.2, -0.15) is 0 Å². The summed E-state index contributed by atoms with van der Waals surface area (Å²) in [6, 6.07) is -0.717. The molecule has 0 spiro atoms. The van der Waals surface area contributed by atoms with Crippen LogP contribution < -0.4 is 5.32 Å². The first kappa shape index (κ1) is 67.3. The van der Waals surface area contributed by atoms with Crippen LogP contribution in [0.1, 0.15) is 297 Å². The lowest BCUT2D eigenvalue weighted by Crippen LogP contribution is -2.46.